The van der Waals surface area contributed by atoms with Crippen molar-refractivity contribution in [2.24, 2.45) is 0 Å². The van der Waals surface area contributed by atoms with Gasteiger partial charge in [0.15, 0.2) is 0 Å². The third-order valence-electron chi connectivity index (χ3n) is 3.69. The maximum absolute atomic E-state index is 10.4. The Hall–Kier alpha value is -2.41. The van der Waals surface area contributed by atoms with Crippen LogP contribution in [0.25, 0.3) is 17.2 Å². The van der Waals surface area contributed by atoms with Crippen LogP contribution < -0.4 is 0 Å². The Morgan fingerprint density at radius 2 is 1.85 bits per heavy atom. The highest BCUT2D eigenvalue weighted by Gasteiger charge is 2.17. The van der Waals surface area contributed by atoms with Crippen LogP contribution in [0, 0.1) is 0 Å². The Morgan fingerprint density at radius 1 is 1.05 bits per heavy atom. The molecule has 0 bridgehead atoms. The first-order chi connectivity index (χ1) is 9.78. The van der Waals surface area contributed by atoms with Crippen molar-refractivity contribution in [1.82, 2.24) is 0 Å². The second-order valence-electron chi connectivity index (χ2n) is 5.13. The molecule has 0 fully saturated rings. The van der Waals surface area contributed by atoms with Gasteiger partial charge in [-0.05, 0) is 52.8 Å². The summed E-state index contributed by atoms with van der Waals surface area (Å²) >= 11 is 0. The summed E-state index contributed by atoms with van der Waals surface area (Å²) in [5.41, 5.74) is 7.62. The Balaban J connectivity index is 1.91. The Bertz CT molecular complexity index is 720. The molecule has 1 heteroatoms. The molecule has 0 aromatic heterocycles. The lowest BCUT2D eigenvalue weighted by Crippen LogP contribution is -1.82. The molecule has 0 unspecified atom stereocenters. The zero-order chi connectivity index (χ0) is 13.9. The monoisotopic (exact) mass is 260 g/mol. The van der Waals surface area contributed by atoms with Gasteiger partial charge >= 0.3 is 0 Å². The summed E-state index contributed by atoms with van der Waals surface area (Å²) in [6.07, 6.45) is 7.42. The number of aldehydes is 1. The summed E-state index contributed by atoms with van der Waals surface area (Å²) in [6, 6.07) is 15.1. The van der Waals surface area contributed by atoms with Crippen molar-refractivity contribution in [2.45, 2.75) is 13.3 Å². The molecule has 0 radical (unpaired) electrons. The fourth-order valence-corrected chi connectivity index (χ4v) is 2.66. The predicted molar refractivity (Wildman–Crippen MR) is 83.5 cm³/mol. The standard InChI is InChI=1S/C19H16O/c1-14(10-11-20)6-7-15-8-9-19-17(12-15)13-16-4-2-3-5-18(16)19/h2-12H,13H2,1H3/b7-6+,14-10+. The van der Waals surface area contributed by atoms with Crippen molar-refractivity contribution >= 4 is 12.4 Å². The van der Waals surface area contributed by atoms with E-state index in [-0.39, 0.29) is 0 Å². The second kappa shape index (κ2) is 5.30. The Kier molecular flexibility index (Phi) is 3.34. The van der Waals surface area contributed by atoms with E-state index in [2.05, 4.69) is 48.5 Å². The van der Waals surface area contributed by atoms with Crippen LogP contribution in [0.1, 0.15) is 23.6 Å². The van der Waals surface area contributed by atoms with Gasteiger partial charge in [0.25, 0.3) is 0 Å². The number of carbonyl (C=O) groups is 1. The third kappa shape index (κ3) is 2.35. The smallest absolute Gasteiger partial charge is 0.143 e. The lowest BCUT2D eigenvalue weighted by atomic mass is 10.0. The summed E-state index contributed by atoms with van der Waals surface area (Å²) in [6.45, 7) is 1.92. The molecule has 1 aliphatic rings. The molecular weight excluding hydrogens is 244 g/mol. The van der Waals surface area contributed by atoms with Gasteiger partial charge in [-0.2, -0.15) is 0 Å². The van der Waals surface area contributed by atoms with E-state index in [9.17, 15) is 4.79 Å². The number of fused-ring (bicyclic) bond motifs is 3. The first-order valence-electron chi connectivity index (χ1n) is 6.79. The molecule has 98 valence electrons. The van der Waals surface area contributed by atoms with Gasteiger partial charge in [0.2, 0.25) is 0 Å². The number of rotatable bonds is 3. The molecule has 0 heterocycles. The highest BCUT2D eigenvalue weighted by molar-refractivity contribution is 5.78. The van der Waals surface area contributed by atoms with Gasteiger partial charge in [-0.3, -0.25) is 4.79 Å². The average molecular weight is 260 g/mol. The normalized spacial score (nSPS) is 13.3. The third-order valence-corrected chi connectivity index (χ3v) is 3.69. The molecule has 3 rings (SSSR count). The minimum Gasteiger partial charge on any atom is -0.299 e. The summed E-state index contributed by atoms with van der Waals surface area (Å²) in [4.78, 5) is 10.4. The van der Waals surface area contributed by atoms with E-state index >= 15 is 0 Å². The molecule has 1 nitrogen and oxygen atoms in total. The van der Waals surface area contributed by atoms with Gasteiger partial charge in [0.05, 0.1) is 0 Å². The maximum Gasteiger partial charge on any atom is 0.143 e. The van der Waals surface area contributed by atoms with Gasteiger partial charge in [0, 0.05) is 0 Å². The van der Waals surface area contributed by atoms with Gasteiger partial charge in [-0.15, -0.1) is 0 Å². The summed E-state index contributed by atoms with van der Waals surface area (Å²) in [7, 11) is 0. The number of hydrogen-bond acceptors (Lipinski definition) is 1. The van der Waals surface area contributed by atoms with E-state index in [0.717, 1.165) is 18.3 Å². The van der Waals surface area contributed by atoms with Crippen molar-refractivity contribution < 1.29 is 4.79 Å². The van der Waals surface area contributed by atoms with Gasteiger partial charge < -0.3 is 0 Å². The molecule has 2 aromatic rings. The maximum atomic E-state index is 10.4. The molecule has 0 aliphatic heterocycles. The van der Waals surface area contributed by atoms with Gasteiger partial charge in [-0.25, -0.2) is 0 Å². The fourth-order valence-electron chi connectivity index (χ4n) is 2.66. The second-order valence-corrected chi connectivity index (χ2v) is 5.13. The van der Waals surface area contributed by atoms with Crippen molar-refractivity contribution in [3.05, 3.63) is 76.9 Å². The zero-order valence-electron chi connectivity index (χ0n) is 11.5. The van der Waals surface area contributed by atoms with Crippen LogP contribution in [0.2, 0.25) is 0 Å². The molecule has 20 heavy (non-hydrogen) atoms. The van der Waals surface area contributed by atoms with Crippen LogP contribution in [0.3, 0.4) is 0 Å². The topological polar surface area (TPSA) is 17.1 Å². The van der Waals surface area contributed by atoms with E-state index in [0.29, 0.717) is 0 Å². The zero-order valence-corrected chi connectivity index (χ0v) is 11.5. The van der Waals surface area contributed by atoms with E-state index in [4.69, 9.17) is 0 Å². The first-order valence-corrected chi connectivity index (χ1v) is 6.79. The van der Waals surface area contributed by atoms with Crippen molar-refractivity contribution in [3.8, 4) is 11.1 Å². The van der Waals surface area contributed by atoms with Crippen LogP contribution >= 0.6 is 0 Å². The molecule has 0 saturated carbocycles. The van der Waals surface area contributed by atoms with Crippen LogP contribution in [-0.4, -0.2) is 6.29 Å². The molecule has 0 saturated heterocycles. The molecule has 0 spiro atoms. The Labute approximate surface area is 119 Å². The summed E-state index contributed by atoms with van der Waals surface area (Å²) in [5, 5.41) is 0. The van der Waals surface area contributed by atoms with Crippen LogP contribution in [0.15, 0.2) is 60.2 Å². The van der Waals surface area contributed by atoms with Gasteiger partial charge in [0.1, 0.15) is 6.29 Å². The average Bonchev–Trinajstić information content (AvgIpc) is 2.83. The predicted octanol–water partition coefficient (Wildman–Crippen LogP) is 4.42. The van der Waals surface area contributed by atoms with Crippen LogP contribution in [0.4, 0.5) is 0 Å². The van der Waals surface area contributed by atoms with Crippen molar-refractivity contribution in [3.63, 3.8) is 0 Å². The largest absolute Gasteiger partial charge is 0.299 e. The van der Waals surface area contributed by atoms with E-state index in [1.165, 1.54) is 27.8 Å². The number of benzene rings is 2. The fraction of sp³-hybridized carbons (Fsp3) is 0.105. The summed E-state index contributed by atoms with van der Waals surface area (Å²) in [5.74, 6) is 0. The van der Waals surface area contributed by atoms with Crippen LogP contribution in [0.5, 0.6) is 0 Å². The van der Waals surface area contributed by atoms with E-state index < -0.39 is 0 Å². The minimum atomic E-state index is 0.818. The number of hydrogen-bond donors (Lipinski definition) is 0. The number of carbonyl (C=O) groups excluding carboxylic acids is 1. The lowest BCUT2D eigenvalue weighted by molar-refractivity contribution is -0.104. The lowest BCUT2D eigenvalue weighted by Gasteiger charge is -2.02. The van der Waals surface area contributed by atoms with Crippen LogP contribution in [-0.2, 0) is 11.2 Å². The van der Waals surface area contributed by atoms with Crippen molar-refractivity contribution in [1.29, 1.82) is 0 Å². The minimum absolute atomic E-state index is 0.818. The Morgan fingerprint density at radius 3 is 2.70 bits per heavy atom. The van der Waals surface area contributed by atoms with E-state index in [1.807, 2.05) is 13.0 Å². The molecule has 0 atom stereocenters. The summed E-state index contributed by atoms with van der Waals surface area (Å²) < 4.78 is 0. The van der Waals surface area contributed by atoms with E-state index in [1.54, 1.807) is 6.08 Å². The van der Waals surface area contributed by atoms with Gasteiger partial charge in [-0.1, -0.05) is 54.6 Å². The highest BCUT2D eigenvalue weighted by atomic mass is 16.1. The quantitative estimate of drug-likeness (QED) is 0.387. The molecule has 1 aliphatic carbocycles. The molecular formula is C19H16O. The molecule has 0 N–H and O–H groups in total. The first kappa shape index (κ1) is 12.6. The van der Waals surface area contributed by atoms with Crippen molar-refractivity contribution in [2.75, 3.05) is 0 Å². The SMILES string of the molecule is CC(/C=C/c1ccc2c(c1)Cc1ccccc1-2)=C\C=O. The molecule has 0 amide bonds. The highest BCUT2D eigenvalue weighted by Crippen LogP contribution is 2.36. The number of allylic oxidation sites excluding steroid dienone is 3. The molecule has 2 aromatic carbocycles.